The lowest BCUT2D eigenvalue weighted by atomic mass is 10.1. The van der Waals surface area contributed by atoms with Crippen molar-refractivity contribution in [2.45, 2.75) is 52.6 Å². The summed E-state index contributed by atoms with van der Waals surface area (Å²) in [7, 11) is 0. The Morgan fingerprint density at radius 2 is 1.60 bits per heavy atom. The number of amides is 1. The Bertz CT molecular complexity index is 480. The van der Waals surface area contributed by atoms with Gasteiger partial charge in [-0.05, 0) is 38.8 Å². The summed E-state index contributed by atoms with van der Waals surface area (Å²) in [5, 5.41) is 0.976. The molecule has 0 saturated carbocycles. The van der Waals surface area contributed by atoms with E-state index in [9.17, 15) is 4.79 Å². The van der Waals surface area contributed by atoms with Crippen molar-refractivity contribution in [3.63, 3.8) is 0 Å². The molecular weight excluding hydrogens is 317 g/mol. The van der Waals surface area contributed by atoms with Crippen LogP contribution < -0.4 is 0 Å². The minimum atomic E-state index is -0.122. The van der Waals surface area contributed by atoms with Crippen molar-refractivity contribution in [3.8, 4) is 0 Å². The molecule has 0 aromatic heterocycles. The molecule has 0 aliphatic carbocycles. The van der Waals surface area contributed by atoms with Gasteiger partial charge in [0.15, 0.2) is 0 Å². The highest BCUT2D eigenvalue weighted by molar-refractivity contribution is 6.45. The highest BCUT2D eigenvalue weighted by atomic mass is 35.5. The monoisotopic (exact) mass is 335 g/mol. The number of hydrogen-bond donors (Lipinski definition) is 0. The van der Waals surface area contributed by atoms with Crippen LogP contribution >= 0.6 is 34.8 Å². The van der Waals surface area contributed by atoms with Gasteiger partial charge in [0.2, 0.25) is 0 Å². The van der Waals surface area contributed by atoms with Crippen LogP contribution in [-0.2, 0) is 0 Å². The molecule has 0 bridgehead atoms. The lowest BCUT2D eigenvalue weighted by Crippen LogP contribution is -2.44. The van der Waals surface area contributed by atoms with Gasteiger partial charge < -0.3 is 4.90 Å². The van der Waals surface area contributed by atoms with Gasteiger partial charge >= 0.3 is 0 Å². The van der Waals surface area contributed by atoms with E-state index in [0.29, 0.717) is 15.6 Å². The van der Waals surface area contributed by atoms with Crippen LogP contribution in [0.2, 0.25) is 15.1 Å². The Balaban J connectivity index is 3.25. The fourth-order valence-corrected chi connectivity index (χ4v) is 2.76. The number of rotatable bonds is 5. The molecule has 0 heterocycles. The van der Waals surface area contributed by atoms with E-state index in [4.69, 9.17) is 34.8 Å². The van der Waals surface area contributed by atoms with Crippen LogP contribution in [0, 0.1) is 0 Å². The summed E-state index contributed by atoms with van der Waals surface area (Å²) in [6, 6.07) is 3.38. The highest BCUT2D eigenvalue weighted by Crippen LogP contribution is 2.31. The molecule has 2 nitrogen and oxygen atoms in total. The number of benzene rings is 1. The lowest BCUT2D eigenvalue weighted by molar-refractivity contribution is 0.0598. The van der Waals surface area contributed by atoms with E-state index in [-0.39, 0.29) is 23.0 Å². The number of halogens is 3. The second-order valence-electron chi connectivity index (χ2n) is 4.98. The first-order valence-corrected chi connectivity index (χ1v) is 7.94. The van der Waals surface area contributed by atoms with Crippen molar-refractivity contribution in [1.82, 2.24) is 4.90 Å². The summed E-state index contributed by atoms with van der Waals surface area (Å²) in [4.78, 5) is 14.7. The number of carbonyl (C=O) groups is 1. The van der Waals surface area contributed by atoms with Gasteiger partial charge in [-0.2, -0.15) is 0 Å². The first kappa shape index (κ1) is 17.6. The molecule has 2 unspecified atom stereocenters. The molecule has 1 aromatic carbocycles. The zero-order valence-electron chi connectivity index (χ0n) is 12.2. The molecule has 0 fully saturated rings. The molecule has 112 valence electrons. The second-order valence-corrected chi connectivity index (χ2v) is 6.20. The Morgan fingerprint density at radius 3 is 2.05 bits per heavy atom. The Hall–Kier alpha value is -0.440. The Labute approximate surface area is 136 Å². The maximum atomic E-state index is 12.8. The molecular formula is C15H20Cl3NO. The van der Waals surface area contributed by atoms with Gasteiger partial charge in [-0.15, -0.1) is 0 Å². The predicted molar refractivity (Wildman–Crippen MR) is 87.1 cm³/mol. The van der Waals surface area contributed by atoms with E-state index in [1.165, 1.54) is 0 Å². The van der Waals surface area contributed by atoms with E-state index in [1.807, 2.05) is 18.7 Å². The molecule has 1 rings (SSSR count). The smallest absolute Gasteiger partial charge is 0.255 e. The number of carbonyl (C=O) groups excluding carboxylic acids is 1. The maximum Gasteiger partial charge on any atom is 0.255 e. The summed E-state index contributed by atoms with van der Waals surface area (Å²) in [5.74, 6) is -0.122. The van der Waals surface area contributed by atoms with Crippen LogP contribution in [-0.4, -0.2) is 22.9 Å². The summed E-state index contributed by atoms with van der Waals surface area (Å²) in [5.41, 5.74) is 0.366. The fraction of sp³-hybridized carbons (Fsp3) is 0.533. The van der Waals surface area contributed by atoms with Crippen molar-refractivity contribution in [2.24, 2.45) is 0 Å². The van der Waals surface area contributed by atoms with E-state index in [2.05, 4.69) is 13.8 Å². The predicted octanol–water partition coefficient (Wildman–Crippen LogP) is 5.69. The summed E-state index contributed by atoms with van der Waals surface area (Å²) < 4.78 is 0. The highest BCUT2D eigenvalue weighted by Gasteiger charge is 2.27. The zero-order chi connectivity index (χ0) is 15.4. The van der Waals surface area contributed by atoms with Crippen LogP contribution in [0.3, 0.4) is 0 Å². The molecule has 1 aromatic rings. The largest absolute Gasteiger partial charge is 0.333 e. The first-order valence-electron chi connectivity index (χ1n) is 6.80. The fourth-order valence-electron chi connectivity index (χ4n) is 2.08. The van der Waals surface area contributed by atoms with Crippen molar-refractivity contribution in [2.75, 3.05) is 0 Å². The number of hydrogen-bond acceptors (Lipinski definition) is 1. The second kappa shape index (κ2) is 7.53. The third kappa shape index (κ3) is 3.81. The van der Waals surface area contributed by atoms with Gasteiger partial charge in [0, 0.05) is 17.1 Å². The van der Waals surface area contributed by atoms with E-state index in [1.54, 1.807) is 12.1 Å². The minimum absolute atomic E-state index is 0.122. The van der Waals surface area contributed by atoms with Crippen LogP contribution in [0.15, 0.2) is 12.1 Å². The molecule has 1 amide bonds. The van der Waals surface area contributed by atoms with Gasteiger partial charge in [-0.25, -0.2) is 0 Å². The van der Waals surface area contributed by atoms with Gasteiger partial charge in [0.05, 0.1) is 15.6 Å². The average molecular weight is 337 g/mol. The van der Waals surface area contributed by atoms with Gasteiger partial charge in [-0.3, -0.25) is 4.79 Å². The zero-order valence-corrected chi connectivity index (χ0v) is 14.5. The molecule has 0 saturated heterocycles. The van der Waals surface area contributed by atoms with Gasteiger partial charge in [0.1, 0.15) is 0 Å². The van der Waals surface area contributed by atoms with Crippen LogP contribution in [0.4, 0.5) is 0 Å². The lowest BCUT2D eigenvalue weighted by Gasteiger charge is -2.34. The molecule has 2 atom stereocenters. The van der Waals surface area contributed by atoms with Crippen molar-refractivity contribution in [1.29, 1.82) is 0 Å². The summed E-state index contributed by atoms with van der Waals surface area (Å²) in [6.07, 6.45) is 1.75. The first-order chi connectivity index (χ1) is 9.33. The minimum Gasteiger partial charge on any atom is -0.333 e. The Kier molecular flexibility index (Phi) is 6.63. The van der Waals surface area contributed by atoms with Crippen molar-refractivity contribution < 1.29 is 4.79 Å². The van der Waals surface area contributed by atoms with Gasteiger partial charge in [-0.1, -0.05) is 48.7 Å². The molecule has 20 heavy (non-hydrogen) atoms. The molecule has 0 aliphatic heterocycles. The summed E-state index contributed by atoms with van der Waals surface area (Å²) >= 11 is 18.2. The third-order valence-electron chi connectivity index (χ3n) is 3.59. The topological polar surface area (TPSA) is 20.3 Å². The molecule has 0 N–H and O–H groups in total. The normalized spacial score (nSPS) is 13.9. The molecule has 0 radical (unpaired) electrons. The molecule has 5 heteroatoms. The van der Waals surface area contributed by atoms with E-state index < -0.39 is 0 Å². The molecule has 0 spiro atoms. The quantitative estimate of drug-likeness (QED) is 0.633. The molecule has 0 aliphatic rings. The standard InChI is InChI=1S/C15H20Cl3NO/c1-5-9(3)19(10(4)6-2)15(20)12-7-11(16)8-13(17)14(12)18/h7-10H,5-6H2,1-4H3. The average Bonchev–Trinajstić information content (AvgIpc) is 2.42. The maximum absolute atomic E-state index is 12.8. The van der Waals surface area contributed by atoms with Crippen LogP contribution in [0.25, 0.3) is 0 Å². The number of nitrogens with zero attached hydrogens (tertiary/aromatic N) is 1. The SMILES string of the molecule is CCC(C)N(C(=O)c1cc(Cl)cc(Cl)c1Cl)C(C)CC. The van der Waals surface area contributed by atoms with E-state index >= 15 is 0 Å². The van der Waals surface area contributed by atoms with Crippen molar-refractivity contribution in [3.05, 3.63) is 32.8 Å². The van der Waals surface area contributed by atoms with Crippen LogP contribution in [0.5, 0.6) is 0 Å². The van der Waals surface area contributed by atoms with E-state index in [0.717, 1.165) is 12.8 Å². The Morgan fingerprint density at radius 1 is 1.10 bits per heavy atom. The van der Waals surface area contributed by atoms with Crippen LogP contribution in [0.1, 0.15) is 50.9 Å². The van der Waals surface area contributed by atoms with Gasteiger partial charge in [0.25, 0.3) is 5.91 Å². The summed E-state index contributed by atoms with van der Waals surface area (Å²) in [6.45, 7) is 8.17. The third-order valence-corrected chi connectivity index (χ3v) is 4.61. The van der Waals surface area contributed by atoms with Crippen molar-refractivity contribution >= 4 is 40.7 Å².